The van der Waals surface area contributed by atoms with Crippen LogP contribution in [-0.4, -0.2) is 29.0 Å². The Morgan fingerprint density at radius 3 is 2.57 bits per heavy atom. The summed E-state index contributed by atoms with van der Waals surface area (Å²) in [6.07, 6.45) is 0. The van der Waals surface area contributed by atoms with Crippen LogP contribution in [-0.2, 0) is 11.1 Å². The number of rotatable bonds is 5. The van der Waals surface area contributed by atoms with Gasteiger partial charge < -0.3 is 9.87 Å². The SMILES string of the molecule is Cc1nn(-c2cc(NCS(=O)[O-])c(Cl)cc2Cl)c(=O)n1C(F)F. The van der Waals surface area contributed by atoms with Gasteiger partial charge in [-0.05, 0) is 30.1 Å². The molecule has 1 heterocycles. The van der Waals surface area contributed by atoms with Gasteiger partial charge in [-0.15, -0.1) is 5.10 Å². The van der Waals surface area contributed by atoms with Crippen molar-refractivity contribution in [1.29, 1.82) is 0 Å². The lowest BCUT2D eigenvalue weighted by Gasteiger charge is -2.12. The van der Waals surface area contributed by atoms with Gasteiger partial charge >= 0.3 is 12.2 Å². The zero-order chi connectivity index (χ0) is 17.3. The summed E-state index contributed by atoms with van der Waals surface area (Å²) in [5, 5.41) is 6.34. The number of benzene rings is 1. The van der Waals surface area contributed by atoms with E-state index in [0.717, 1.165) is 0 Å². The fourth-order valence-corrected chi connectivity index (χ4v) is 2.63. The first kappa shape index (κ1) is 17.9. The van der Waals surface area contributed by atoms with Gasteiger partial charge in [0.15, 0.2) is 0 Å². The Morgan fingerprint density at radius 1 is 1.39 bits per heavy atom. The van der Waals surface area contributed by atoms with E-state index in [0.29, 0.717) is 4.68 Å². The molecule has 0 fully saturated rings. The van der Waals surface area contributed by atoms with Crippen LogP contribution in [0.4, 0.5) is 14.5 Å². The minimum Gasteiger partial charge on any atom is -0.771 e. The Hall–Kier alpha value is -1.49. The van der Waals surface area contributed by atoms with E-state index in [1.54, 1.807) is 0 Å². The average Bonchev–Trinajstić information content (AvgIpc) is 2.72. The number of halogens is 4. The first-order valence-corrected chi connectivity index (χ1v) is 7.97. The summed E-state index contributed by atoms with van der Waals surface area (Å²) >= 11 is 9.52. The second kappa shape index (κ2) is 6.95. The molecule has 0 saturated carbocycles. The molecule has 1 unspecified atom stereocenters. The standard InChI is InChI=1S/C11H10Cl2F2N4O3S/c1-5-17-19(11(20)18(5)10(14)15)9-3-8(16-4-23(21)22)6(12)2-7(9)13/h2-3,10,16H,4H2,1H3,(H,21,22)/p-1. The molecule has 1 aromatic heterocycles. The third-order valence-electron chi connectivity index (χ3n) is 2.82. The lowest BCUT2D eigenvalue weighted by molar-refractivity contribution is 0.0640. The monoisotopic (exact) mass is 385 g/mol. The maximum atomic E-state index is 12.8. The molecule has 7 nitrogen and oxygen atoms in total. The third kappa shape index (κ3) is 3.71. The highest BCUT2D eigenvalue weighted by Gasteiger charge is 2.20. The quantitative estimate of drug-likeness (QED) is 0.797. The number of aromatic nitrogens is 3. The van der Waals surface area contributed by atoms with Crippen molar-refractivity contribution in [2.24, 2.45) is 0 Å². The number of hydrogen-bond acceptors (Lipinski definition) is 5. The number of hydrogen-bond donors (Lipinski definition) is 1. The molecule has 0 aliphatic carbocycles. The normalized spacial score (nSPS) is 12.7. The van der Waals surface area contributed by atoms with Crippen LogP contribution in [0.1, 0.15) is 12.4 Å². The van der Waals surface area contributed by atoms with E-state index in [2.05, 4.69) is 10.4 Å². The molecule has 0 spiro atoms. The van der Waals surface area contributed by atoms with Gasteiger partial charge in [-0.3, -0.25) is 4.21 Å². The zero-order valence-electron chi connectivity index (χ0n) is 11.4. The van der Waals surface area contributed by atoms with Crippen LogP contribution in [0.25, 0.3) is 5.69 Å². The third-order valence-corrected chi connectivity index (χ3v) is 3.82. The van der Waals surface area contributed by atoms with Gasteiger partial charge in [0.2, 0.25) is 0 Å². The minimum atomic E-state index is -3.05. The van der Waals surface area contributed by atoms with Crippen LogP contribution >= 0.6 is 23.2 Å². The predicted molar refractivity (Wildman–Crippen MR) is 81.2 cm³/mol. The Balaban J connectivity index is 2.56. The summed E-state index contributed by atoms with van der Waals surface area (Å²) in [6, 6.07) is 2.50. The van der Waals surface area contributed by atoms with Gasteiger partial charge in [0.05, 0.1) is 27.3 Å². The van der Waals surface area contributed by atoms with Crippen molar-refractivity contribution in [3.63, 3.8) is 0 Å². The van der Waals surface area contributed by atoms with Crippen molar-refractivity contribution in [3.05, 3.63) is 38.5 Å². The zero-order valence-corrected chi connectivity index (χ0v) is 13.8. The molecule has 1 aromatic carbocycles. The van der Waals surface area contributed by atoms with Crippen LogP contribution in [0.2, 0.25) is 10.0 Å². The maximum absolute atomic E-state index is 12.8. The lowest BCUT2D eigenvalue weighted by Crippen LogP contribution is -2.25. The molecule has 0 bridgehead atoms. The largest absolute Gasteiger partial charge is 0.771 e. The highest BCUT2D eigenvalue weighted by atomic mass is 35.5. The molecule has 0 aliphatic heterocycles. The Morgan fingerprint density at radius 2 is 2.04 bits per heavy atom. The number of aryl methyl sites for hydroxylation is 1. The Labute approximate surface area is 141 Å². The number of nitrogens with one attached hydrogen (secondary N) is 1. The molecular weight excluding hydrogens is 377 g/mol. The molecule has 23 heavy (non-hydrogen) atoms. The molecule has 0 saturated heterocycles. The predicted octanol–water partition coefficient (Wildman–Crippen LogP) is 2.29. The maximum Gasteiger partial charge on any atom is 0.355 e. The van der Waals surface area contributed by atoms with E-state index >= 15 is 0 Å². The fourth-order valence-electron chi connectivity index (χ4n) is 1.83. The van der Waals surface area contributed by atoms with Gasteiger partial charge in [-0.1, -0.05) is 23.2 Å². The molecule has 0 aliphatic rings. The van der Waals surface area contributed by atoms with Crippen molar-refractivity contribution in [2.45, 2.75) is 13.5 Å². The summed E-state index contributed by atoms with van der Waals surface area (Å²) in [5.74, 6) is -0.633. The number of anilines is 1. The van der Waals surface area contributed by atoms with E-state index in [9.17, 15) is 22.3 Å². The van der Waals surface area contributed by atoms with E-state index < -0.39 is 29.2 Å². The molecule has 0 amide bonds. The van der Waals surface area contributed by atoms with Crippen molar-refractivity contribution in [1.82, 2.24) is 14.3 Å². The van der Waals surface area contributed by atoms with E-state index in [1.165, 1.54) is 19.1 Å². The van der Waals surface area contributed by atoms with Gasteiger partial charge in [0, 0.05) is 0 Å². The van der Waals surface area contributed by atoms with Gasteiger partial charge in [0.1, 0.15) is 5.82 Å². The van der Waals surface area contributed by atoms with Crippen molar-refractivity contribution >= 4 is 40.0 Å². The van der Waals surface area contributed by atoms with Crippen LogP contribution < -0.4 is 11.0 Å². The molecule has 126 valence electrons. The number of alkyl halides is 2. The van der Waals surface area contributed by atoms with Crippen LogP contribution in [0.5, 0.6) is 0 Å². The molecule has 0 radical (unpaired) electrons. The first-order valence-electron chi connectivity index (χ1n) is 5.98. The van der Waals surface area contributed by atoms with E-state index in [-0.39, 0.29) is 31.8 Å². The summed E-state index contributed by atoms with van der Waals surface area (Å²) in [6.45, 7) is -1.81. The van der Waals surface area contributed by atoms with Crippen LogP contribution in [0.15, 0.2) is 16.9 Å². The highest BCUT2D eigenvalue weighted by Crippen LogP contribution is 2.31. The molecular formula is C11H9Cl2F2N4O3S-. The fraction of sp³-hybridized carbons (Fsp3) is 0.273. The molecule has 12 heteroatoms. The van der Waals surface area contributed by atoms with Crippen molar-refractivity contribution in [3.8, 4) is 5.69 Å². The summed E-state index contributed by atoms with van der Waals surface area (Å²) in [5.41, 5.74) is -0.936. The second-order valence-electron chi connectivity index (χ2n) is 4.30. The summed E-state index contributed by atoms with van der Waals surface area (Å²) in [7, 11) is 0. The molecule has 2 aromatic rings. The first-order chi connectivity index (χ1) is 10.7. The summed E-state index contributed by atoms with van der Waals surface area (Å²) in [4.78, 5) is 12.0. The van der Waals surface area contributed by atoms with Crippen LogP contribution in [0.3, 0.4) is 0 Å². The Kier molecular flexibility index (Phi) is 5.40. The molecule has 1 N–H and O–H groups in total. The van der Waals surface area contributed by atoms with E-state index in [1.807, 2.05) is 0 Å². The van der Waals surface area contributed by atoms with E-state index in [4.69, 9.17) is 23.2 Å². The van der Waals surface area contributed by atoms with Crippen molar-refractivity contribution in [2.75, 3.05) is 11.2 Å². The Bertz CT molecular complexity index is 824. The topological polar surface area (TPSA) is 92.0 Å². The summed E-state index contributed by atoms with van der Waals surface area (Å²) < 4.78 is 47.8. The molecule has 2 rings (SSSR count). The van der Waals surface area contributed by atoms with Gasteiger partial charge in [0.25, 0.3) is 0 Å². The van der Waals surface area contributed by atoms with Crippen LogP contribution in [0, 0.1) is 6.92 Å². The van der Waals surface area contributed by atoms with Gasteiger partial charge in [-0.2, -0.15) is 13.5 Å². The smallest absolute Gasteiger partial charge is 0.355 e. The number of nitrogens with zero attached hydrogens (tertiary/aromatic N) is 3. The minimum absolute atomic E-state index is 0.00943. The second-order valence-corrected chi connectivity index (χ2v) is 6.01. The lowest BCUT2D eigenvalue weighted by atomic mass is 10.2. The van der Waals surface area contributed by atoms with Crippen molar-refractivity contribution < 1.29 is 17.5 Å². The highest BCUT2D eigenvalue weighted by molar-refractivity contribution is 7.79. The van der Waals surface area contributed by atoms with Gasteiger partial charge in [-0.25, -0.2) is 9.36 Å². The average molecular weight is 386 g/mol. The molecule has 1 atom stereocenters.